The second-order valence-electron chi connectivity index (χ2n) is 6.54. The van der Waals surface area contributed by atoms with Gasteiger partial charge in [-0.25, -0.2) is 4.98 Å². The Kier molecular flexibility index (Phi) is 5.13. The molecule has 0 spiro atoms. The molecule has 3 rings (SSSR count). The molecule has 1 aromatic heterocycles. The third-order valence-corrected chi connectivity index (χ3v) is 4.76. The zero-order chi connectivity index (χ0) is 17.1. The van der Waals surface area contributed by atoms with Gasteiger partial charge in [-0.2, -0.15) is 5.10 Å². The maximum absolute atomic E-state index is 12.7. The highest BCUT2D eigenvalue weighted by Gasteiger charge is 2.32. The second kappa shape index (κ2) is 7.29. The minimum Gasteiger partial charge on any atom is -0.366 e. The lowest BCUT2D eigenvalue weighted by molar-refractivity contribution is -0.142. The number of aryl methyl sites for hydroxylation is 1. The molecule has 0 aromatic carbocycles. The van der Waals surface area contributed by atoms with Gasteiger partial charge in [0.15, 0.2) is 5.82 Å². The Balaban J connectivity index is 1.60. The molecular formula is C16H25N5O3. The first kappa shape index (κ1) is 16.9. The highest BCUT2D eigenvalue weighted by Crippen LogP contribution is 2.23. The van der Waals surface area contributed by atoms with Crippen LogP contribution in [0.4, 0.5) is 0 Å². The first-order chi connectivity index (χ1) is 11.5. The Morgan fingerprint density at radius 3 is 2.88 bits per heavy atom. The fraction of sp³-hybridized carbons (Fsp3) is 0.750. The van der Waals surface area contributed by atoms with Crippen LogP contribution >= 0.6 is 0 Å². The molecule has 2 unspecified atom stereocenters. The van der Waals surface area contributed by atoms with Crippen molar-refractivity contribution in [2.75, 3.05) is 26.2 Å². The van der Waals surface area contributed by atoms with E-state index in [0.717, 1.165) is 31.6 Å². The first-order valence-corrected chi connectivity index (χ1v) is 8.60. The third-order valence-electron chi connectivity index (χ3n) is 4.76. The summed E-state index contributed by atoms with van der Waals surface area (Å²) in [4.78, 5) is 32.4. The lowest BCUT2D eigenvalue weighted by atomic mass is 9.98. The van der Waals surface area contributed by atoms with Gasteiger partial charge in [0.1, 0.15) is 11.9 Å². The number of rotatable bonds is 3. The summed E-state index contributed by atoms with van der Waals surface area (Å²) in [5.41, 5.74) is 0. The molecule has 2 aliphatic heterocycles. The highest BCUT2D eigenvalue weighted by atomic mass is 16.5. The predicted molar refractivity (Wildman–Crippen MR) is 86.0 cm³/mol. The van der Waals surface area contributed by atoms with Crippen LogP contribution in [0.3, 0.4) is 0 Å². The molecule has 2 amide bonds. The fourth-order valence-electron chi connectivity index (χ4n) is 3.49. The van der Waals surface area contributed by atoms with Crippen LogP contribution in [0.2, 0.25) is 0 Å². The largest absolute Gasteiger partial charge is 0.366 e. The number of carbonyl (C=O) groups excluding carboxylic acids is 2. The van der Waals surface area contributed by atoms with E-state index in [1.165, 1.54) is 0 Å². The van der Waals surface area contributed by atoms with Crippen molar-refractivity contribution in [2.24, 2.45) is 0 Å². The van der Waals surface area contributed by atoms with E-state index in [0.29, 0.717) is 31.9 Å². The van der Waals surface area contributed by atoms with E-state index in [2.05, 4.69) is 15.2 Å². The van der Waals surface area contributed by atoms with Crippen molar-refractivity contribution >= 4 is 11.8 Å². The standard InChI is InChI=1S/C16H25N5O3/c1-11-17-16(19-18-11)14-10-20(7-8-24-14)15(23)9-13-5-3-4-6-21(13)12(2)22/h13-14H,3-10H2,1-2H3,(H,17,18,19). The van der Waals surface area contributed by atoms with E-state index >= 15 is 0 Å². The van der Waals surface area contributed by atoms with Crippen LogP contribution in [0, 0.1) is 6.92 Å². The minimum absolute atomic E-state index is 0.0239. The average molecular weight is 335 g/mol. The van der Waals surface area contributed by atoms with Crippen LogP contribution in [-0.2, 0) is 14.3 Å². The third kappa shape index (κ3) is 3.75. The van der Waals surface area contributed by atoms with Gasteiger partial charge in [-0.05, 0) is 26.2 Å². The Bertz CT molecular complexity index is 602. The Morgan fingerprint density at radius 1 is 1.33 bits per heavy atom. The van der Waals surface area contributed by atoms with Gasteiger partial charge in [-0.1, -0.05) is 0 Å². The number of likely N-dealkylation sites (tertiary alicyclic amines) is 1. The normalized spacial score (nSPS) is 24.9. The molecule has 0 bridgehead atoms. The van der Waals surface area contributed by atoms with Crippen molar-refractivity contribution in [3.8, 4) is 0 Å². The summed E-state index contributed by atoms with van der Waals surface area (Å²) >= 11 is 0. The van der Waals surface area contributed by atoms with Crippen molar-refractivity contribution in [2.45, 2.75) is 51.7 Å². The zero-order valence-electron chi connectivity index (χ0n) is 14.3. The summed E-state index contributed by atoms with van der Waals surface area (Å²) in [7, 11) is 0. The molecule has 2 aliphatic rings. The van der Waals surface area contributed by atoms with Crippen LogP contribution in [-0.4, -0.2) is 69.1 Å². The first-order valence-electron chi connectivity index (χ1n) is 8.60. The Labute approximate surface area is 141 Å². The number of ether oxygens (including phenoxy) is 1. The second-order valence-corrected chi connectivity index (χ2v) is 6.54. The SMILES string of the molecule is CC(=O)N1CCCCC1CC(=O)N1CCOC(c2n[nH]c(C)n2)C1. The van der Waals surface area contributed by atoms with Crippen molar-refractivity contribution in [1.29, 1.82) is 0 Å². The maximum atomic E-state index is 12.7. The van der Waals surface area contributed by atoms with E-state index in [4.69, 9.17) is 4.74 Å². The van der Waals surface area contributed by atoms with Gasteiger partial charge in [-0.15, -0.1) is 0 Å². The quantitative estimate of drug-likeness (QED) is 0.882. The Morgan fingerprint density at radius 2 is 2.17 bits per heavy atom. The lowest BCUT2D eigenvalue weighted by Crippen LogP contribution is -2.48. The molecular weight excluding hydrogens is 310 g/mol. The van der Waals surface area contributed by atoms with Crippen molar-refractivity contribution in [1.82, 2.24) is 25.0 Å². The van der Waals surface area contributed by atoms with Gasteiger partial charge in [0.25, 0.3) is 0 Å². The molecule has 24 heavy (non-hydrogen) atoms. The van der Waals surface area contributed by atoms with Crippen molar-refractivity contribution in [3.63, 3.8) is 0 Å². The monoisotopic (exact) mass is 335 g/mol. The lowest BCUT2D eigenvalue weighted by Gasteiger charge is -2.37. The molecule has 8 heteroatoms. The average Bonchev–Trinajstić information content (AvgIpc) is 3.02. The number of H-pyrrole nitrogens is 1. The number of carbonyl (C=O) groups is 2. The number of hydrogen-bond acceptors (Lipinski definition) is 5. The van der Waals surface area contributed by atoms with Gasteiger partial charge in [0.05, 0.1) is 13.2 Å². The van der Waals surface area contributed by atoms with Gasteiger partial charge < -0.3 is 14.5 Å². The number of hydrogen-bond donors (Lipinski definition) is 1. The topological polar surface area (TPSA) is 91.4 Å². The minimum atomic E-state index is -0.289. The smallest absolute Gasteiger partial charge is 0.224 e. The summed E-state index contributed by atoms with van der Waals surface area (Å²) < 4.78 is 5.70. The number of nitrogens with zero attached hydrogens (tertiary/aromatic N) is 4. The molecule has 2 saturated heterocycles. The zero-order valence-corrected chi connectivity index (χ0v) is 14.3. The molecule has 0 saturated carbocycles. The molecule has 2 fully saturated rings. The molecule has 8 nitrogen and oxygen atoms in total. The van der Waals surface area contributed by atoms with Crippen molar-refractivity contribution < 1.29 is 14.3 Å². The summed E-state index contributed by atoms with van der Waals surface area (Å²) in [5.74, 6) is 1.46. The molecule has 2 atom stereocenters. The fourth-order valence-corrected chi connectivity index (χ4v) is 3.49. The van der Waals surface area contributed by atoms with Crippen LogP contribution in [0.15, 0.2) is 0 Å². The van der Waals surface area contributed by atoms with Crippen LogP contribution < -0.4 is 0 Å². The van der Waals surface area contributed by atoms with Gasteiger partial charge in [0, 0.05) is 32.5 Å². The molecule has 0 aliphatic carbocycles. The van der Waals surface area contributed by atoms with Crippen LogP contribution in [0.1, 0.15) is 50.4 Å². The van der Waals surface area contributed by atoms with Crippen LogP contribution in [0.5, 0.6) is 0 Å². The summed E-state index contributed by atoms with van der Waals surface area (Å²) in [6.45, 7) is 5.69. The summed E-state index contributed by atoms with van der Waals surface area (Å²) in [6.07, 6.45) is 3.10. The van der Waals surface area contributed by atoms with Gasteiger partial charge in [0.2, 0.25) is 11.8 Å². The number of aromatic nitrogens is 3. The van der Waals surface area contributed by atoms with Gasteiger partial charge in [-0.3, -0.25) is 14.7 Å². The number of amides is 2. The number of aromatic amines is 1. The summed E-state index contributed by atoms with van der Waals surface area (Å²) in [6, 6.07) is 0.0239. The predicted octanol–water partition coefficient (Wildman–Crippen LogP) is 0.804. The number of nitrogens with one attached hydrogen (secondary N) is 1. The molecule has 1 N–H and O–H groups in total. The van der Waals surface area contributed by atoms with E-state index in [-0.39, 0.29) is 24.0 Å². The molecule has 132 valence electrons. The van der Waals surface area contributed by atoms with Crippen LogP contribution in [0.25, 0.3) is 0 Å². The number of piperidine rings is 1. The highest BCUT2D eigenvalue weighted by molar-refractivity contribution is 5.79. The molecule has 0 radical (unpaired) electrons. The molecule has 3 heterocycles. The molecule has 1 aromatic rings. The maximum Gasteiger partial charge on any atom is 0.224 e. The van der Waals surface area contributed by atoms with E-state index < -0.39 is 0 Å². The number of morpholine rings is 1. The van der Waals surface area contributed by atoms with E-state index in [1.54, 1.807) is 6.92 Å². The van der Waals surface area contributed by atoms with E-state index in [1.807, 2.05) is 16.7 Å². The van der Waals surface area contributed by atoms with E-state index in [9.17, 15) is 9.59 Å². The Hall–Kier alpha value is -1.96. The van der Waals surface area contributed by atoms with Gasteiger partial charge >= 0.3 is 0 Å². The van der Waals surface area contributed by atoms with Crippen molar-refractivity contribution in [3.05, 3.63) is 11.6 Å². The summed E-state index contributed by atoms with van der Waals surface area (Å²) in [5, 5.41) is 6.94.